The molecule has 0 unspecified atom stereocenters. The van der Waals surface area contributed by atoms with Gasteiger partial charge in [0.1, 0.15) is 19.3 Å². The summed E-state index contributed by atoms with van der Waals surface area (Å²) >= 11 is 0. The summed E-state index contributed by atoms with van der Waals surface area (Å²) in [6.07, 6.45) is 3.61. The average Bonchev–Trinajstić information content (AvgIpc) is 3.83. The van der Waals surface area contributed by atoms with Crippen molar-refractivity contribution in [1.29, 1.82) is 0 Å². The predicted octanol–water partition coefficient (Wildman–Crippen LogP) is 4.86. The number of sulfonamides is 2. The topological polar surface area (TPSA) is 239 Å². The molecule has 5 atom stereocenters. The van der Waals surface area contributed by atoms with E-state index in [2.05, 4.69) is 48.4 Å². The highest BCUT2D eigenvalue weighted by molar-refractivity contribution is 8.13. The van der Waals surface area contributed by atoms with E-state index in [9.17, 15) is 35.2 Å². The van der Waals surface area contributed by atoms with Gasteiger partial charge < -0.3 is 39.8 Å². The van der Waals surface area contributed by atoms with E-state index in [-0.39, 0.29) is 43.2 Å². The Labute approximate surface area is 385 Å². The highest BCUT2D eigenvalue weighted by atomic mass is 35.7. The Bertz CT molecular complexity index is 2090. The van der Waals surface area contributed by atoms with Gasteiger partial charge in [-0.1, -0.05) is 71.9 Å². The lowest BCUT2D eigenvalue weighted by Gasteiger charge is -2.35. The van der Waals surface area contributed by atoms with Crippen LogP contribution in [0.5, 0.6) is 11.5 Å². The third-order valence-electron chi connectivity index (χ3n) is 11.4. The van der Waals surface area contributed by atoms with Crippen LogP contribution in [0.25, 0.3) is 0 Å². The first-order valence-electron chi connectivity index (χ1n) is 21.6. The number of carbonyl (C=O) groups is 1. The number of nitrogens with zero attached hydrogens (tertiary/aromatic N) is 1. The molecule has 0 saturated carbocycles. The fourth-order valence-corrected chi connectivity index (χ4v) is 9.34. The molecule has 0 aromatic heterocycles. The van der Waals surface area contributed by atoms with Gasteiger partial charge in [0.2, 0.25) is 29.1 Å². The molecule has 64 heavy (non-hydrogen) atoms. The van der Waals surface area contributed by atoms with Crippen molar-refractivity contribution in [3.05, 3.63) is 54.1 Å². The highest BCUT2D eigenvalue weighted by Crippen LogP contribution is 2.36. The van der Waals surface area contributed by atoms with Crippen LogP contribution in [0.4, 0.5) is 4.79 Å². The number of carbonyl (C=O) groups excluding carboxylic acids is 1. The zero-order chi connectivity index (χ0) is 47.9. The van der Waals surface area contributed by atoms with E-state index >= 15 is 0 Å². The molecule has 2 aromatic rings. The van der Waals surface area contributed by atoms with E-state index in [1.807, 2.05) is 44.2 Å². The third kappa shape index (κ3) is 19.6. The molecule has 2 aromatic carbocycles. The summed E-state index contributed by atoms with van der Waals surface area (Å²) in [7, 11) is -5.82. The maximum absolute atomic E-state index is 14.2. The van der Waals surface area contributed by atoms with Crippen molar-refractivity contribution >= 4 is 45.9 Å². The fraction of sp³-hybridized carbons (Fsp3) is 0.698. The molecule has 21 heteroatoms. The molecule has 3 heterocycles. The van der Waals surface area contributed by atoms with Crippen molar-refractivity contribution < 1.29 is 58.8 Å². The molecule has 17 nitrogen and oxygen atoms in total. The lowest BCUT2D eigenvalue weighted by atomic mass is 9.77. The number of alkyl carbamates (subject to hydrolysis) is 1. The number of nitrogens with one attached hydrogen (secondary N) is 2. The van der Waals surface area contributed by atoms with Gasteiger partial charge >= 0.3 is 6.09 Å². The minimum Gasteiger partial charge on any atom is -0.486 e. The van der Waals surface area contributed by atoms with Crippen molar-refractivity contribution in [3.8, 4) is 11.5 Å². The maximum Gasteiger partial charge on any atom is 0.407 e. The molecular formula is C43H71ClN4O13S3. The number of benzene rings is 2. The minimum absolute atomic E-state index is 0.0233. The van der Waals surface area contributed by atoms with Crippen LogP contribution in [0, 0.1) is 22.7 Å². The third-order valence-corrected chi connectivity index (χ3v) is 14.0. The zero-order valence-corrected chi connectivity index (χ0v) is 41.7. The first-order chi connectivity index (χ1) is 29.7. The van der Waals surface area contributed by atoms with E-state index in [0.29, 0.717) is 62.2 Å². The smallest absolute Gasteiger partial charge is 0.407 e. The molecular weight excluding hydrogens is 912 g/mol. The van der Waals surface area contributed by atoms with Crippen molar-refractivity contribution in [3.63, 3.8) is 0 Å². The van der Waals surface area contributed by atoms with Crippen LogP contribution in [0.3, 0.4) is 0 Å². The normalized spacial score (nSPS) is 19.7. The van der Waals surface area contributed by atoms with Crippen molar-refractivity contribution in [2.24, 2.45) is 28.4 Å². The monoisotopic (exact) mass is 982 g/mol. The Morgan fingerprint density at radius 1 is 0.938 bits per heavy atom. The van der Waals surface area contributed by atoms with E-state index < -0.39 is 58.9 Å². The first-order valence-corrected chi connectivity index (χ1v) is 27.6. The quantitative estimate of drug-likeness (QED) is 0.103. The standard InChI is InChI=1S/C32H45N3O9S.C10H23NO2S.CH3ClO2S/c1-32(2,12-6-13-33)21-35(45(38,39)23-9-10-27-28(18-23)41-16-15-40-27)19-26(36)25(17-22-7-4-3-5-8-22)34-31(37)44-29-20-43-30-24(29)11-14-42-30;1-9(2)10(3,4)7-6-8-11-14(5,12)13;1-5(2,3)4/h3-5,7-10,18,24-26,29-30,36H,6,11-17,19-21,33H2,1-2H3,(H,34,37);9,11H,6-8H2,1-5H3;1H3/t24-,25-,26+,29-,30+;;/m0../s1. The molecule has 1 amide bonds. The molecule has 366 valence electrons. The Balaban J connectivity index is 0.000000480. The van der Waals surface area contributed by atoms with Gasteiger partial charge in [-0.25, -0.2) is 34.8 Å². The molecule has 5 N–H and O–H groups in total. The van der Waals surface area contributed by atoms with E-state index in [1.54, 1.807) is 6.07 Å². The Morgan fingerprint density at radius 2 is 1.58 bits per heavy atom. The molecule has 3 aliphatic heterocycles. The molecule has 0 aliphatic carbocycles. The summed E-state index contributed by atoms with van der Waals surface area (Å²) < 4.78 is 101. The SMILES string of the molecule is CC(C)(CCCN)CN(C[C@@H](O)[C@H](Cc1ccccc1)NC(=O)O[C@H]1CO[C@H]2OCC[C@H]21)S(=O)(=O)c1ccc2c(c1)OCCO2.CC(C)C(C)(C)CCCNS(C)(=O)=O.CS(=O)(=O)Cl. The van der Waals surface area contributed by atoms with Gasteiger partial charge in [-0.3, -0.25) is 0 Å². The van der Waals surface area contributed by atoms with Crippen LogP contribution in [-0.4, -0.2) is 130 Å². The van der Waals surface area contributed by atoms with Gasteiger partial charge in [0, 0.05) is 36.4 Å². The number of aliphatic hydroxyl groups excluding tert-OH is 1. The number of fused-ring (bicyclic) bond motifs is 2. The molecule has 5 rings (SSSR count). The number of aliphatic hydroxyl groups is 1. The largest absolute Gasteiger partial charge is 0.486 e. The van der Waals surface area contributed by atoms with Crippen LogP contribution in [0.1, 0.15) is 79.2 Å². The number of amides is 1. The second kappa shape index (κ2) is 24.8. The number of hydrogen-bond acceptors (Lipinski definition) is 14. The molecule has 0 bridgehead atoms. The second-order valence-corrected chi connectivity index (χ2v) is 25.0. The summed E-state index contributed by atoms with van der Waals surface area (Å²) in [6.45, 7) is 15.1. The molecule has 2 fully saturated rings. The van der Waals surface area contributed by atoms with Crippen LogP contribution in [-0.2, 0) is 49.7 Å². The Hall–Kier alpha value is -2.79. The lowest BCUT2D eigenvalue weighted by Crippen LogP contribution is -2.52. The zero-order valence-electron chi connectivity index (χ0n) is 38.5. The number of halogens is 1. The van der Waals surface area contributed by atoms with Crippen LogP contribution < -0.4 is 25.2 Å². The van der Waals surface area contributed by atoms with E-state index in [1.165, 1.54) is 22.7 Å². The number of hydrogen-bond donors (Lipinski definition) is 4. The molecule has 3 aliphatic rings. The highest BCUT2D eigenvalue weighted by Gasteiger charge is 2.44. The Kier molecular flexibility index (Phi) is 21.5. The summed E-state index contributed by atoms with van der Waals surface area (Å²) in [5.41, 5.74) is 6.47. The van der Waals surface area contributed by atoms with Crippen LogP contribution in [0.15, 0.2) is 53.4 Å². The van der Waals surface area contributed by atoms with Gasteiger partial charge in [0.15, 0.2) is 17.8 Å². The summed E-state index contributed by atoms with van der Waals surface area (Å²) in [5.74, 6) is 1.41. The van der Waals surface area contributed by atoms with Gasteiger partial charge in [-0.05, 0) is 79.5 Å². The molecule has 0 spiro atoms. The van der Waals surface area contributed by atoms with Gasteiger partial charge in [0.05, 0.1) is 48.7 Å². The number of rotatable bonds is 20. The lowest BCUT2D eigenvalue weighted by molar-refractivity contribution is -0.0907. The summed E-state index contributed by atoms with van der Waals surface area (Å²) in [4.78, 5) is 13.2. The summed E-state index contributed by atoms with van der Waals surface area (Å²) in [5, 5.41) is 14.5. The van der Waals surface area contributed by atoms with Gasteiger partial charge in [0.25, 0.3) is 0 Å². The predicted molar refractivity (Wildman–Crippen MR) is 247 cm³/mol. The molecule has 2 saturated heterocycles. The fourth-order valence-electron chi connectivity index (χ4n) is 7.17. The first kappa shape index (κ1) is 55.5. The van der Waals surface area contributed by atoms with Crippen LogP contribution >= 0.6 is 10.7 Å². The van der Waals surface area contributed by atoms with Crippen molar-refractivity contribution in [1.82, 2.24) is 14.3 Å². The maximum atomic E-state index is 14.2. The number of ether oxygens (including phenoxy) is 5. The van der Waals surface area contributed by atoms with Crippen molar-refractivity contribution in [2.45, 2.75) is 110 Å². The van der Waals surface area contributed by atoms with Crippen LogP contribution in [0.2, 0.25) is 0 Å². The minimum atomic E-state index is -4.12. The Morgan fingerprint density at radius 3 is 2.19 bits per heavy atom. The van der Waals surface area contributed by atoms with E-state index in [0.717, 1.165) is 37.5 Å². The van der Waals surface area contributed by atoms with Gasteiger partial charge in [-0.15, -0.1) is 0 Å². The number of nitrogens with two attached hydrogens (primary N) is 1. The summed E-state index contributed by atoms with van der Waals surface area (Å²) in [6, 6.07) is 13.0. The molecule has 0 radical (unpaired) electrons. The van der Waals surface area contributed by atoms with Crippen molar-refractivity contribution in [2.75, 3.05) is 65.1 Å². The second-order valence-electron chi connectivity index (χ2n) is 18.2. The van der Waals surface area contributed by atoms with Gasteiger partial charge in [-0.2, -0.15) is 4.31 Å². The average molecular weight is 984 g/mol. The van der Waals surface area contributed by atoms with E-state index in [4.69, 9.17) is 29.4 Å².